The van der Waals surface area contributed by atoms with Gasteiger partial charge in [-0.05, 0) is 71.8 Å². The van der Waals surface area contributed by atoms with E-state index in [0.29, 0.717) is 33.9 Å². The van der Waals surface area contributed by atoms with Crippen LogP contribution in [0.5, 0.6) is 11.5 Å². The summed E-state index contributed by atoms with van der Waals surface area (Å²) < 4.78 is 11.1. The molecule has 11 rings (SSSR count). The molecule has 0 aliphatic heterocycles. The molecule has 0 unspecified atom stereocenters. The fourth-order valence-electron chi connectivity index (χ4n) is 9.29. The van der Waals surface area contributed by atoms with Crippen LogP contribution in [-0.4, -0.2) is 45.5 Å². The van der Waals surface area contributed by atoms with Crippen LogP contribution in [0.3, 0.4) is 0 Å². The molecule has 11 aromatic rings. The summed E-state index contributed by atoms with van der Waals surface area (Å²) in [6.45, 7) is 14.2. The molecular weight excluding hydrogens is 833 g/mol. The van der Waals surface area contributed by atoms with Crippen LogP contribution in [0.4, 0.5) is 0 Å². The minimum atomic E-state index is -1.72. The van der Waals surface area contributed by atoms with E-state index in [1.807, 2.05) is 60.7 Å². The van der Waals surface area contributed by atoms with Gasteiger partial charge in [0.2, 0.25) is 0 Å². The summed E-state index contributed by atoms with van der Waals surface area (Å²) in [4.78, 5) is 11.0. The van der Waals surface area contributed by atoms with Gasteiger partial charge >= 0.3 is 0 Å². The lowest BCUT2D eigenvalue weighted by Gasteiger charge is -2.21. The Hall–Kier alpha value is -7.47. The number of furan rings is 1. The van der Waals surface area contributed by atoms with Gasteiger partial charge in [0.1, 0.15) is 45.3 Å². The minimum Gasteiger partial charge on any atom is -0.507 e. The van der Waals surface area contributed by atoms with Crippen molar-refractivity contribution in [2.75, 3.05) is 0 Å². The predicted octanol–water partition coefficient (Wildman–Crippen LogP) is 13.4. The topological polar surface area (TPSA) is 89.2 Å². The summed E-state index contributed by atoms with van der Waals surface area (Å²) in [5.41, 5.74) is 12.0. The van der Waals surface area contributed by atoms with Gasteiger partial charge in [0.25, 0.3) is 0 Å². The second kappa shape index (κ2) is 15.1. The number of aromatic hydroxyl groups is 2. The summed E-state index contributed by atoms with van der Waals surface area (Å²) in [6, 6.07) is 57.7. The van der Waals surface area contributed by atoms with Crippen molar-refractivity contribution in [1.29, 1.82) is 0 Å². The van der Waals surface area contributed by atoms with E-state index in [2.05, 4.69) is 145 Å². The molecule has 2 N–H and O–H groups in total. The quantitative estimate of drug-likeness (QED) is 0.148. The van der Waals surface area contributed by atoms with E-state index in [0.717, 1.165) is 66.5 Å². The first-order valence-corrected chi connectivity index (χ1v) is 29.1. The molecule has 9 heteroatoms. The second-order valence-electron chi connectivity index (χ2n) is 19.0. The molecule has 7 nitrogen and oxygen atoms in total. The number of nitrogens with zero attached hydrogens (tertiary/aromatic N) is 4. The molecule has 0 aliphatic rings. The van der Waals surface area contributed by atoms with Crippen LogP contribution >= 0.6 is 0 Å². The first-order chi connectivity index (χ1) is 31.3. The molecule has 8 aromatic carbocycles. The van der Waals surface area contributed by atoms with Crippen molar-refractivity contribution in [1.82, 2.24) is 19.1 Å². The van der Waals surface area contributed by atoms with Crippen molar-refractivity contribution in [3.8, 4) is 67.9 Å². The van der Waals surface area contributed by atoms with E-state index < -0.39 is 16.1 Å². The molecule has 0 saturated carbocycles. The second-order valence-corrected chi connectivity index (χ2v) is 29.1. The van der Waals surface area contributed by atoms with Gasteiger partial charge in [-0.25, -0.2) is 9.97 Å². The summed E-state index contributed by atoms with van der Waals surface area (Å²) in [5.74, 6) is 1.50. The normalized spacial score (nSPS) is 12.3. The Labute approximate surface area is 379 Å². The Morgan fingerprint density at radius 1 is 0.415 bits per heavy atom. The molecule has 0 bridgehead atoms. The van der Waals surface area contributed by atoms with Crippen LogP contribution in [0, 0.1) is 0 Å². The highest BCUT2D eigenvalue weighted by molar-refractivity contribution is 6.89. The number of fused-ring (bicyclic) bond motifs is 7. The van der Waals surface area contributed by atoms with E-state index in [-0.39, 0.29) is 11.5 Å². The van der Waals surface area contributed by atoms with Crippen LogP contribution in [0.2, 0.25) is 39.3 Å². The van der Waals surface area contributed by atoms with Crippen LogP contribution < -0.4 is 10.4 Å². The molecule has 3 aromatic heterocycles. The molecule has 0 aliphatic carbocycles. The summed E-state index contributed by atoms with van der Waals surface area (Å²) in [6.07, 6.45) is 0. The summed E-state index contributed by atoms with van der Waals surface area (Å²) in [5, 5.41) is 27.4. The largest absolute Gasteiger partial charge is 0.507 e. The van der Waals surface area contributed by atoms with Crippen LogP contribution in [-0.2, 0) is 0 Å². The monoisotopic (exact) mass is 880 g/mol. The maximum atomic E-state index is 11.5. The van der Waals surface area contributed by atoms with Crippen molar-refractivity contribution < 1.29 is 14.6 Å². The number of para-hydroxylation sites is 2. The van der Waals surface area contributed by atoms with Crippen molar-refractivity contribution in [3.63, 3.8) is 0 Å². The van der Waals surface area contributed by atoms with Gasteiger partial charge in [-0.15, -0.1) is 0 Å². The highest BCUT2D eigenvalue weighted by Gasteiger charge is 2.28. The fraction of sp³-hybridized carbons (Fsp3) is 0.107. The van der Waals surface area contributed by atoms with Gasteiger partial charge < -0.3 is 14.6 Å². The molecule has 0 amide bonds. The van der Waals surface area contributed by atoms with Crippen molar-refractivity contribution >= 4 is 70.5 Å². The molecule has 3 heterocycles. The zero-order valence-corrected chi connectivity index (χ0v) is 39.3. The average molecular weight is 881 g/mol. The van der Waals surface area contributed by atoms with Gasteiger partial charge in [0.05, 0.1) is 60.5 Å². The van der Waals surface area contributed by atoms with Gasteiger partial charge in [-0.1, -0.05) is 159 Å². The molecule has 65 heavy (non-hydrogen) atoms. The molecule has 0 atom stereocenters. The molecule has 0 radical (unpaired) electrons. The standard InChI is InChI=1S/C56H48N4O3Si2/c1-64(2,3)37-25-27-43(41(33-37)35-17-9-7-10-18-35)59-45-29-31-49-51(53(45)57-55(59)39-21-13-15-23-47(39)61)52-50(63-49)32-30-46-54(52)58-56(40-22-14-16-24-48(40)62)60(46)44-28-26-38(65(4,5)6)34-42(44)36-19-11-8-12-20-36/h7-34,61-62H,1-6H3. The Balaban J connectivity index is 1.27. The summed E-state index contributed by atoms with van der Waals surface area (Å²) in [7, 11) is -3.44. The van der Waals surface area contributed by atoms with Crippen molar-refractivity contribution in [2.45, 2.75) is 39.3 Å². The van der Waals surface area contributed by atoms with E-state index in [4.69, 9.17) is 14.4 Å². The van der Waals surface area contributed by atoms with E-state index in [1.165, 1.54) is 10.4 Å². The number of rotatable bonds is 8. The van der Waals surface area contributed by atoms with E-state index in [1.54, 1.807) is 12.1 Å². The fourth-order valence-corrected chi connectivity index (χ4v) is 11.6. The zero-order chi connectivity index (χ0) is 44.8. The number of aromatic nitrogens is 4. The first kappa shape index (κ1) is 40.3. The first-order valence-electron chi connectivity index (χ1n) is 22.1. The number of phenolic OH excluding ortho intramolecular Hbond substituents is 2. The van der Waals surface area contributed by atoms with Gasteiger partial charge in [0.15, 0.2) is 0 Å². The Bertz CT molecular complexity index is 3410. The Morgan fingerprint density at radius 2 is 0.800 bits per heavy atom. The van der Waals surface area contributed by atoms with Crippen LogP contribution in [0.15, 0.2) is 174 Å². The highest BCUT2D eigenvalue weighted by Crippen LogP contribution is 2.45. The molecule has 0 saturated heterocycles. The van der Waals surface area contributed by atoms with Crippen LogP contribution in [0.25, 0.3) is 100 Å². The summed E-state index contributed by atoms with van der Waals surface area (Å²) >= 11 is 0. The van der Waals surface area contributed by atoms with Crippen molar-refractivity contribution in [3.05, 3.63) is 170 Å². The minimum absolute atomic E-state index is 0.139. The van der Waals surface area contributed by atoms with E-state index in [9.17, 15) is 10.2 Å². The highest BCUT2D eigenvalue weighted by atomic mass is 28.3. The van der Waals surface area contributed by atoms with Crippen LogP contribution in [0.1, 0.15) is 0 Å². The number of phenols is 2. The number of hydrogen-bond donors (Lipinski definition) is 2. The van der Waals surface area contributed by atoms with Crippen molar-refractivity contribution in [2.24, 2.45) is 0 Å². The van der Waals surface area contributed by atoms with E-state index >= 15 is 0 Å². The molecule has 318 valence electrons. The molecule has 0 spiro atoms. The van der Waals surface area contributed by atoms with Gasteiger partial charge in [0, 0.05) is 11.1 Å². The lowest BCUT2D eigenvalue weighted by Crippen LogP contribution is -2.37. The number of imidazole rings is 2. The lowest BCUT2D eigenvalue weighted by atomic mass is 10.0. The average Bonchev–Trinajstić information content (AvgIpc) is 4.00. The SMILES string of the molecule is C[Si](C)(C)c1ccc(-n2c(-c3ccccc3O)nc3c4c(ccc32)oc2ccc3c(nc(-c5ccccc5O)n3-c3ccc([Si](C)(C)C)cc3-c3ccccc3)c24)c(-c2ccccc2)c1. The Morgan fingerprint density at radius 3 is 1.18 bits per heavy atom. The Kier molecular flexibility index (Phi) is 9.35. The maximum absolute atomic E-state index is 11.5. The molecular formula is C56H48N4O3Si2. The third kappa shape index (κ3) is 6.69. The van der Waals surface area contributed by atoms with Gasteiger partial charge in [-0.2, -0.15) is 0 Å². The maximum Gasteiger partial charge on any atom is 0.149 e. The zero-order valence-electron chi connectivity index (χ0n) is 37.3. The van der Waals surface area contributed by atoms with Gasteiger partial charge in [-0.3, -0.25) is 9.13 Å². The third-order valence-corrected chi connectivity index (χ3v) is 16.8. The number of benzene rings is 8. The number of hydrogen-bond acceptors (Lipinski definition) is 5. The lowest BCUT2D eigenvalue weighted by molar-refractivity contribution is 0.476. The smallest absolute Gasteiger partial charge is 0.149 e. The predicted molar refractivity (Wildman–Crippen MR) is 274 cm³/mol. The third-order valence-electron chi connectivity index (χ3n) is 12.7. The molecule has 0 fully saturated rings.